The fraction of sp³-hybridized carbons (Fsp3) is 0.625. The molecule has 4 nitrogen and oxygen atoms in total. The number of aromatic nitrogens is 2. The number of nitrogens with one attached hydrogen (secondary N) is 2. The van der Waals surface area contributed by atoms with Crippen molar-refractivity contribution in [2.24, 2.45) is 5.73 Å². The van der Waals surface area contributed by atoms with Gasteiger partial charge in [-0.05, 0) is 25.8 Å². The molecule has 1 aromatic heterocycles. The van der Waals surface area contributed by atoms with Gasteiger partial charge in [-0.1, -0.05) is 0 Å². The average molecular weight is 168 g/mol. The first-order valence-corrected chi connectivity index (χ1v) is 4.28. The molecule has 12 heavy (non-hydrogen) atoms. The summed E-state index contributed by atoms with van der Waals surface area (Å²) in [5.41, 5.74) is 6.56. The minimum atomic E-state index is 0.771. The first-order valence-electron chi connectivity index (χ1n) is 4.28. The van der Waals surface area contributed by atoms with Crippen molar-refractivity contribution in [2.45, 2.75) is 19.3 Å². The zero-order chi connectivity index (χ0) is 8.81. The summed E-state index contributed by atoms with van der Waals surface area (Å²) < 4.78 is 0. The van der Waals surface area contributed by atoms with Crippen LogP contribution in [0, 0.1) is 0 Å². The van der Waals surface area contributed by atoms with Gasteiger partial charge in [0, 0.05) is 12.7 Å². The van der Waals surface area contributed by atoms with Crippen LogP contribution in [0.4, 0.5) is 5.95 Å². The predicted molar refractivity (Wildman–Crippen MR) is 50.1 cm³/mol. The van der Waals surface area contributed by atoms with Gasteiger partial charge in [0.1, 0.15) is 0 Å². The van der Waals surface area contributed by atoms with Crippen molar-refractivity contribution in [3.63, 3.8) is 0 Å². The Morgan fingerprint density at radius 1 is 1.58 bits per heavy atom. The Bertz CT molecular complexity index is 219. The third kappa shape index (κ3) is 2.54. The molecule has 0 aliphatic rings. The maximum absolute atomic E-state index is 5.39. The van der Waals surface area contributed by atoms with E-state index in [1.54, 1.807) is 0 Å². The van der Waals surface area contributed by atoms with E-state index in [0.29, 0.717) is 0 Å². The Balaban J connectivity index is 2.31. The van der Waals surface area contributed by atoms with Crippen LogP contribution in [-0.2, 0) is 6.42 Å². The maximum Gasteiger partial charge on any atom is 0.200 e. The molecule has 0 spiro atoms. The number of anilines is 1. The van der Waals surface area contributed by atoms with E-state index in [1.165, 1.54) is 5.69 Å². The van der Waals surface area contributed by atoms with Crippen LogP contribution in [0.25, 0.3) is 0 Å². The highest BCUT2D eigenvalue weighted by molar-refractivity contribution is 5.24. The van der Waals surface area contributed by atoms with E-state index >= 15 is 0 Å². The largest absolute Gasteiger partial charge is 0.359 e. The normalized spacial score (nSPS) is 10.2. The van der Waals surface area contributed by atoms with E-state index in [1.807, 2.05) is 13.2 Å². The van der Waals surface area contributed by atoms with Crippen molar-refractivity contribution in [1.29, 1.82) is 0 Å². The topological polar surface area (TPSA) is 66.7 Å². The van der Waals surface area contributed by atoms with Crippen LogP contribution in [0.2, 0.25) is 0 Å². The van der Waals surface area contributed by atoms with Crippen LogP contribution in [-0.4, -0.2) is 23.6 Å². The van der Waals surface area contributed by atoms with Crippen molar-refractivity contribution in [3.05, 3.63) is 11.9 Å². The summed E-state index contributed by atoms with van der Waals surface area (Å²) in [4.78, 5) is 7.27. The summed E-state index contributed by atoms with van der Waals surface area (Å²) in [7, 11) is 1.85. The lowest BCUT2D eigenvalue weighted by Crippen LogP contribution is -1.99. The van der Waals surface area contributed by atoms with Gasteiger partial charge in [-0.15, -0.1) is 0 Å². The summed E-state index contributed by atoms with van der Waals surface area (Å²) in [6.07, 6.45) is 5.10. The second kappa shape index (κ2) is 4.77. The quantitative estimate of drug-likeness (QED) is 0.568. The molecule has 0 saturated carbocycles. The van der Waals surface area contributed by atoms with Gasteiger partial charge in [-0.3, -0.25) is 0 Å². The standard InChI is InChI=1S/C8H16N4/c1-10-8-11-6-7(12-8)4-2-3-5-9/h6H,2-5,9H2,1H3,(H2,10,11,12). The van der Waals surface area contributed by atoms with Crippen LogP contribution >= 0.6 is 0 Å². The van der Waals surface area contributed by atoms with E-state index in [-0.39, 0.29) is 0 Å². The van der Waals surface area contributed by atoms with Crippen molar-refractivity contribution >= 4 is 5.95 Å². The molecule has 68 valence electrons. The number of aryl methyl sites for hydroxylation is 1. The number of nitrogens with two attached hydrogens (primary N) is 1. The minimum Gasteiger partial charge on any atom is -0.359 e. The first-order chi connectivity index (χ1) is 5.86. The number of aromatic amines is 1. The number of hydrogen-bond acceptors (Lipinski definition) is 3. The molecule has 1 rings (SSSR count). The Morgan fingerprint density at radius 3 is 3.00 bits per heavy atom. The summed E-state index contributed by atoms with van der Waals surface area (Å²) in [5.74, 6) is 0.831. The molecule has 1 heterocycles. The molecular weight excluding hydrogens is 152 g/mol. The molecule has 4 N–H and O–H groups in total. The second-order valence-corrected chi connectivity index (χ2v) is 2.75. The molecule has 1 aromatic rings. The Hall–Kier alpha value is -1.03. The van der Waals surface area contributed by atoms with E-state index in [9.17, 15) is 0 Å². The lowest BCUT2D eigenvalue weighted by Gasteiger charge is -1.95. The number of rotatable bonds is 5. The number of nitrogens with zero attached hydrogens (tertiary/aromatic N) is 1. The van der Waals surface area contributed by atoms with Crippen LogP contribution in [0.15, 0.2) is 6.20 Å². The molecule has 0 aliphatic carbocycles. The third-order valence-corrected chi connectivity index (χ3v) is 1.77. The Kier molecular flexibility index (Phi) is 3.60. The molecule has 0 fully saturated rings. The van der Waals surface area contributed by atoms with Gasteiger partial charge in [0.25, 0.3) is 0 Å². The van der Waals surface area contributed by atoms with Gasteiger partial charge in [0.15, 0.2) is 5.95 Å². The fourth-order valence-electron chi connectivity index (χ4n) is 1.07. The molecule has 0 radical (unpaired) electrons. The zero-order valence-corrected chi connectivity index (χ0v) is 7.43. The van der Waals surface area contributed by atoms with Gasteiger partial charge in [-0.2, -0.15) is 0 Å². The van der Waals surface area contributed by atoms with Crippen LogP contribution < -0.4 is 11.1 Å². The molecular formula is C8H16N4. The van der Waals surface area contributed by atoms with Crippen LogP contribution in [0.1, 0.15) is 18.5 Å². The number of imidazole rings is 1. The highest BCUT2D eigenvalue weighted by Crippen LogP contribution is 2.04. The molecule has 0 saturated heterocycles. The summed E-state index contributed by atoms with van der Waals surface area (Å²) in [6, 6.07) is 0. The Labute approximate surface area is 72.6 Å². The number of H-pyrrole nitrogens is 1. The molecule has 0 amide bonds. The highest BCUT2D eigenvalue weighted by atomic mass is 15.1. The van der Waals surface area contributed by atoms with E-state index in [2.05, 4.69) is 15.3 Å². The highest BCUT2D eigenvalue weighted by Gasteiger charge is 1.97. The summed E-state index contributed by atoms with van der Waals surface area (Å²) >= 11 is 0. The summed E-state index contributed by atoms with van der Waals surface area (Å²) in [5, 5.41) is 2.95. The minimum absolute atomic E-state index is 0.771. The molecule has 0 aromatic carbocycles. The van der Waals surface area contributed by atoms with Gasteiger partial charge in [0.2, 0.25) is 0 Å². The van der Waals surface area contributed by atoms with Gasteiger partial charge in [0.05, 0.1) is 6.20 Å². The molecule has 0 unspecified atom stereocenters. The SMILES string of the molecule is CNc1ncc(CCCCN)[nH]1. The average Bonchev–Trinajstić information content (AvgIpc) is 2.53. The number of unbranched alkanes of at least 4 members (excludes halogenated alkanes) is 1. The predicted octanol–water partition coefficient (Wildman–Crippen LogP) is 0.733. The molecule has 0 atom stereocenters. The molecule has 0 aliphatic heterocycles. The van der Waals surface area contributed by atoms with Crippen molar-refractivity contribution in [1.82, 2.24) is 9.97 Å². The maximum atomic E-state index is 5.39. The lowest BCUT2D eigenvalue weighted by atomic mass is 10.2. The summed E-state index contributed by atoms with van der Waals surface area (Å²) in [6.45, 7) is 0.771. The van der Waals surface area contributed by atoms with E-state index in [0.717, 1.165) is 31.8 Å². The van der Waals surface area contributed by atoms with Crippen molar-refractivity contribution < 1.29 is 0 Å². The van der Waals surface area contributed by atoms with Gasteiger partial charge >= 0.3 is 0 Å². The smallest absolute Gasteiger partial charge is 0.200 e. The van der Waals surface area contributed by atoms with Crippen molar-refractivity contribution in [2.75, 3.05) is 18.9 Å². The van der Waals surface area contributed by atoms with E-state index in [4.69, 9.17) is 5.73 Å². The molecule has 0 bridgehead atoms. The van der Waals surface area contributed by atoms with Gasteiger partial charge < -0.3 is 16.0 Å². The monoisotopic (exact) mass is 168 g/mol. The Morgan fingerprint density at radius 2 is 2.42 bits per heavy atom. The van der Waals surface area contributed by atoms with Crippen molar-refractivity contribution in [3.8, 4) is 0 Å². The molecule has 4 heteroatoms. The van der Waals surface area contributed by atoms with E-state index < -0.39 is 0 Å². The third-order valence-electron chi connectivity index (χ3n) is 1.77. The van der Waals surface area contributed by atoms with Crippen LogP contribution in [0.3, 0.4) is 0 Å². The number of hydrogen-bond donors (Lipinski definition) is 3. The lowest BCUT2D eigenvalue weighted by molar-refractivity contribution is 0.735. The van der Waals surface area contributed by atoms with Crippen LogP contribution in [0.5, 0.6) is 0 Å². The second-order valence-electron chi connectivity index (χ2n) is 2.75. The van der Waals surface area contributed by atoms with Gasteiger partial charge in [-0.25, -0.2) is 4.98 Å². The fourth-order valence-corrected chi connectivity index (χ4v) is 1.07. The zero-order valence-electron chi connectivity index (χ0n) is 7.43. The first kappa shape index (κ1) is 9.06.